The molecule has 0 radical (unpaired) electrons. The number of carboxylic acid groups (broad SMARTS) is 1. The fourth-order valence-corrected chi connectivity index (χ4v) is 5.93. The average Bonchev–Trinajstić information content (AvgIpc) is 3.36. The van der Waals surface area contributed by atoms with E-state index in [0.29, 0.717) is 38.4 Å². The van der Waals surface area contributed by atoms with Crippen molar-refractivity contribution in [1.29, 1.82) is 0 Å². The number of benzene rings is 3. The maximum absolute atomic E-state index is 15.0. The van der Waals surface area contributed by atoms with Crippen LogP contribution in [-0.2, 0) is 24.3 Å². The first kappa shape index (κ1) is 26.0. The third-order valence-electron chi connectivity index (χ3n) is 8.12. The number of hydrogen-bond acceptors (Lipinski definition) is 5. The molecule has 1 atom stereocenters. The molecule has 8 nitrogen and oxygen atoms in total. The second-order valence-corrected chi connectivity index (χ2v) is 10.7. The Hall–Kier alpha value is -4.27. The fourth-order valence-electron chi connectivity index (χ4n) is 5.93. The highest BCUT2D eigenvalue weighted by atomic mass is 19.1. The van der Waals surface area contributed by atoms with Crippen molar-refractivity contribution in [2.75, 3.05) is 13.2 Å². The average molecular weight is 543 g/mol. The Morgan fingerprint density at radius 2 is 1.95 bits per heavy atom. The SMILES string of the molecule is Cc1c2ccc3c1nnn3CCCCCOc1ccc(c(F)c1)C(=O)N1CCc3ccc(cc3C1)C2CC(=O)O. The van der Waals surface area contributed by atoms with E-state index in [2.05, 4.69) is 10.3 Å². The highest BCUT2D eigenvalue weighted by Gasteiger charge is 2.27. The van der Waals surface area contributed by atoms with E-state index in [1.807, 2.05) is 41.9 Å². The lowest BCUT2D eigenvalue weighted by Gasteiger charge is -2.30. The number of hydrogen-bond donors (Lipinski definition) is 1. The Balaban J connectivity index is 1.42. The molecule has 4 aromatic rings. The first-order valence-electron chi connectivity index (χ1n) is 13.8. The van der Waals surface area contributed by atoms with Crippen LogP contribution in [0.25, 0.3) is 11.0 Å². The van der Waals surface area contributed by atoms with Crippen LogP contribution in [0.5, 0.6) is 5.75 Å². The molecule has 9 bridgehead atoms. The number of halogens is 1. The van der Waals surface area contributed by atoms with Gasteiger partial charge in [-0.25, -0.2) is 9.07 Å². The summed E-state index contributed by atoms with van der Waals surface area (Å²) in [4.78, 5) is 27.0. The molecule has 40 heavy (non-hydrogen) atoms. The highest BCUT2D eigenvalue weighted by molar-refractivity contribution is 5.94. The van der Waals surface area contributed by atoms with Gasteiger partial charge in [0, 0.05) is 31.6 Å². The number of carboxylic acids is 1. The van der Waals surface area contributed by atoms with E-state index in [4.69, 9.17) is 4.74 Å². The van der Waals surface area contributed by atoms with Gasteiger partial charge in [0.05, 0.1) is 24.1 Å². The second kappa shape index (κ2) is 10.7. The zero-order valence-electron chi connectivity index (χ0n) is 22.4. The van der Waals surface area contributed by atoms with Gasteiger partial charge in [0.1, 0.15) is 17.1 Å². The molecule has 6 heterocycles. The Morgan fingerprint density at radius 3 is 2.77 bits per heavy atom. The molecule has 0 saturated carbocycles. The van der Waals surface area contributed by atoms with E-state index in [1.165, 1.54) is 12.1 Å². The molecule has 1 aromatic heterocycles. The van der Waals surface area contributed by atoms with Crippen molar-refractivity contribution in [1.82, 2.24) is 19.9 Å². The number of aliphatic carboxylic acids is 1. The fraction of sp³-hybridized carbons (Fsp3) is 0.355. The van der Waals surface area contributed by atoms with E-state index in [-0.39, 0.29) is 17.9 Å². The maximum Gasteiger partial charge on any atom is 0.304 e. The van der Waals surface area contributed by atoms with Crippen LogP contribution in [0.1, 0.15) is 69.8 Å². The number of ether oxygens (including phenoxy) is 1. The predicted octanol–water partition coefficient (Wildman–Crippen LogP) is 5.25. The third-order valence-corrected chi connectivity index (χ3v) is 8.12. The van der Waals surface area contributed by atoms with Crippen molar-refractivity contribution >= 4 is 22.9 Å². The van der Waals surface area contributed by atoms with Crippen LogP contribution < -0.4 is 4.74 Å². The molecule has 0 spiro atoms. The van der Waals surface area contributed by atoms with E-state index in [1.54, 1.807) is 11.0 Å². The topological polar surface area (TPSA) is 97.5 Å². The summed E-state index contributed by atoms with van der Waals surface area (Å²) in [7, 11) is 0. The number of amides is 1. The zero-order chi connectivity index (χ0) is 27.8. The van der Waals surface area contributed by atoms with Gasteiger partial charge in [-0.05, 0) is 78.6 Å². The summed E-state index contributed by atoms with van der Waals surface area (Å²) in [6.07, 6.45) is 3.12. The smallest absolute Gasteiger partial charge is 0.304 e. The summed E-state index contributed by atoms with van der Waals surface area (Å²) in [5.74, 6) is -1.85. The lowest BCUT2D eigenvalue weighted by Crippen LogP contribution is -2.36. The minimum Gasteiger partial charge on any atom is -0.493 e. The van der Waals surface area contributed by atoms with Gasteiger partial charge in [-0.15, -0.1) is 5.10 Å². The van der Waals surface area contributed by atoms with Gasteiger partial charge in [0.15, 0.2) is 0 Å². The Kier molecular flexibility index (Phi) is 6.96. The number of nitrogens with zero attached hydrogens (tertiary/aromatic N) is 4. The molecular weight excluding hydrogens is 511 g/mol. The first-order chi connectivity index (χ1) is 19.4. The molecule has 1 amide bonds. The number of carbonyl (C=O) groups is 2. The Labute approximate surface area is 231 Å². The molecule has 0 saturated heterocycles. The normalized spacial score (nSPS) is 17.7. The molecule has 9 rings (SSSR count). The Bertz CT molecular complexity index is 1610. The van der Waals surface area contributed by atoms with Gasteiger partial charge in [-0.3, -0.25) is 9.59 Å². The molecule has 0 fully saturated rings. The quantitative estimate of drug-likeness (QED) is 0.372. The van der Waals surface area contributed by atoms with Crippen LogP contribution >= 0.6 is 0 Å². The largest absolute Gasteiger partial charge is 0.493 e. The van der Waals surface area contributed by atoms with Gasteiger partial charge >= 0.3 is 5.97 Å². The van der Waals surface area contributed by atoms with Crippen molar-refractivity contribution in [2.45, 2.75) is 58.0 Å². The molecule has 0 aliphatic carbocycles. The van der Waals surface area contributed by atoms with Crippen LogP contribution in [0.15, 0.2) is 48.5 Å². The molecule has 5 aliphatic heterocycles. The molecular formula is C31H31FN4O4. The van der Waals surface area contributed by atoms with E-state index in [0.717, 1.165) is 58.1 Å². The highest BCUT2D eigenvalue weighted by Crippen LogP contribution is 2.35. The van der Waals surface area contributed by atoms with Crippen LogP contribution in [-0.4, -0.2) is 50.0 Å². The standard InChI is InChI=1S/C31H31FN4O4/c1-19-24-9-10-28-30(19)33-34-36(28)12-3-2-4-14-40-23-7-8-25(27(32)16-23)31(39)35-13-11-20-5-6-21(15-22(20)18-35)26(24)17-29(37)38/h5-10,15-16,26H,2-4,11-14,17-18H2,1H3,(H,37,38). The predicted molar refractivity (Wildman–Crippen MR) is 147 cm³/mol. The summed E-state index contributed by atoms with van der Waals surface area (Å²) in [5.41, 5.74) is 6.44. The monoisotopic (exact) mass is 542 g/mol. The van der Waals surface area contributed by atoms with Gasteiger partial charge < -0.3 is 14.7 Å². The van der Waals surface area contributed by atoms with E-state index < -0.39 is 17.7 Å². The summed E-state index contributed by atoms with van der Waals surface area (Å²) >= 11 is 0. The van der Waals surface area contributed by atoms with Crippen molar-refractivity contribution in [3.05, 3.63) is 87.7 Å². The minimum absolute atomic E-state index is 0.0204. The van der Waals surface area contributed by atoms with Gasteiger partial charge in [-0.2, -0.15) is 0 Å². The zero-order valence-corrected chi connectivity index (χ0v) is 22.4. The summed E-state index contributed by atoms with van der Waals surface area (Å²) in [5, 5.41) is 18.7. The van der Waals surface area contributed by atoms with Gasteiger partial charge in [0.2, 0.25) is 0 Å². The minimum atomic E-state index is -0.896. The van der Waals surface area contributed by atoms with Crippen molar-refractivity contribution in [3.8, 4) is 5.75 Å². The summed E-state index contributed by atoms with van der Waals surface area (Å²) < 4.78 is 22.6. The molecule has 1 N–H and O–H groups in total. The number of rotatable bonds is 2. The van der Waals surface area contributed by atoms with E-state index >= 15 is 0 Å². The molecule has 5 aliphatic rings. The number of aryl methyl sites for hydroxylation is 2. The summed E-state index contributed by atoms with van der Waals surface area (Å²) in [6, 6.07) is 14.4. The molecule has 206 valence electrons. The third kappa shape index (κ3) is 4.92. The van der Waals surface area contributed by atoms with Gasteiger partial charge in [-0.1, -0.05) is 29.5 Å². The van der Waals surface area contributed by atoms with Crippen molar-refractivity contribution in [2.24, 2.45) is 0 Å². The van der Waals surface area contributed by atoms with Crippen LogP contribution in [0.2, 0.25) is 0 Å². The molecule has 1 unspecified atom stereocenters. The van der Waals surface area contributed by atoms with Crippen LogP contribution in [0.4, 0.5) is 4.39 Å². The van der Waals surface area contributed by atoms with Crippen LogP contribution in [0, 0.1) is 12.7 Å². The maximum atomic E-state index is 15.0. The van der Waals surface area contributed by atoms with Gasteiger partial charge in [0.25, 0.3) is 5.91 Å². The second-order valence-electron chi connectivity index (χ2n) is 10.7. The summed E-state index contributed by atoms with van der Waals surface area (Å²) in [6.45, 7) is 3.92. The lowest BCUT2D eigenvalue weighted by atomic mass is 9.83. The number of carbonyl (C=O) groups excluding carboxylic acids is 1. The van der Waals surface area contributed by atoms with Crippen molar-refractivity contribution in [3.63, 3.8) is 0 Å². The van der Waals surface area contributed by atoms with Crippen molar-refractivity contribution < 1.29 is 23.8 Å². The lowest BCUT2D eigenvalue weighted by molar-refractivity contribution is -0.137. The molecule has 9 heteroatoms. The number of aromatic nitrogens is 3. The first-order valence-corrected chi connectivity index (χ1v) is 13.8. The Morgan fingerprint density at radius 1 is 1.07 bits per heavy atom. The van der Waals surface area contributed by atoms with Crippen LogP contribution in [0.3, 0.4) is 0 Å². The van der Waals surface area contributed by atoms with E-state index in [9.17, 15) is 19.1 Å². The molecule has 3 aromatic carbocycles.